The summed E-state index contributed by atoms with van der Waals surface area (Å²) in [4.78, 5) is 21.3. The summed E-state index contributed by atoms with van der Waals surface area (Å²) >= 11 is 0. The molecular weight excluding hydrogens is 326 g/mol. The van der Waals surface area contributed by atoms with E-state index in [1.807, 2.05) is 18.2 Å². The topological polar surface area (TPSA) is 60.5 Å². The first kappa shape index (κ1) is 18.2. The van der Waals surface area contributed by atoms with Crippen LogP contribution in [0.5, 0.6) is 0 Å². The van der Waals surface area contributed by atoms with Crippen molar-refractivity contribution in [2.24, 2.45) is 0 Å². The third kappa shape index (κ3) is 4.73. The minimum absolute atomic E-state index is 0.204. The fraction of sp³-hybridized carbons (Fsp3) is 0.400. The molecule has 1 saturated heterocycles. The molecule has 0 spiro atoms. The van der Waals surface area contributed by atoms with Gasteiger partial charge in [-0.15, -0.1) is 0 Å². The van der Waals surface area contributed by atoms with Crippen molar-refractivity contribution in [1.29, 1.82) is 0 Å². The zero-order valence-electron chi connectivity index (χ0n) is 15.7. The Kier molecular flexibility index (Phi) is 5.73. The van der Waals surface area contributed by atoms with Crippen molar-refractivity contribution in [1.82, 2.24) is 9.88 Å². The molecule has 6 nitrogen and oxygen atoms in total. The quantitative estimate of drug-likeness (QED) is 0.865. The van der Waals surface area contributed by atoms with Gasteiger partial charge in [0, 0.05) is 55.5 Å². The Hall–Kier alpha value is -2.60. The van der Waals surface area contributed by atoms with E-state index < -0.39 is 0 Å². The lowest BCUT2D eigenvalue weighted by Crippen LogP contribution is -2.44. The number of piperazine rings is 1. The first-order chi connectivity index (χ1) is 12.5. The van der Waals surface area contributed by atoms with Gasteiger partial charge < -0.3 is 20.4 Å². The van der Waals surface area contributed by atoms with E-state index >= 15 is 0 Å². The van der Waals surface area contributed by atoms with Crippen molar-refractivity contribution in [2.45, 2.75) is 19.9 Å². The lowest BCUT2D eigenvalue weighted by Gasteiger charge is -2.34. The van der Waals surface area contributed by atoms with Gasteiger partial charge in [0.1, 0.15) is 5.69 Å². The molecule has 1 fully saturated rings. The number of hydrogen-bond donors (Lipinski definition) is 2. The van der Waals surface area contributed by atoms with Gasteiger partial charge >= 0.3 is 0 Å². The largest absolute Gasteiger partial charge is 0.383 e. The van der Waals surface area contributed by atoms with E-state index in [9.17, 15) is 4.79 Å². The minimum Gasteiger partial charge on any atom is -0.383 e. The summed E-state index contributed by atoms with van der Waals surface area (Å²) in [5.41, 5.74) is 3.26. The molecule has 0 bridgehead atoms. The number of carbonyl (C=O) groups is 1. The molecule has 26 heavy (non-hydrogen) atoms. The van der Waals surface area contributed by atoms with Gasteiger partial charge in [-0.25, -0.2) is 0 Å². The summed E-state index contributed by atoms with van der Waals surface area (Å²) in [5.74, 6) is -0.204. The molecule has 1 aliphatic heterocycles. The second kappa shape index (κ2) is 8.19. The summed E-state index contributed by atoms with van der Waals surface area (Å²) in [5, 5.41) is 6.20. The maximum atomic E-state index is 12.5. The molecule has 0 saturated carbocycles. The van der Waals surface area contributed by atoms with Crippen LogP contribution in [0.3, 0.4) is 0 Å². The van der Waals surface area contributed by atoms with Crippen LogP contribution in [-0.2, 0) is 0 Å². The van der Waals surface area contributed by atoms with E-state index in [-0.39, 0.29) is 5.91 Å². The minimum atomic E-state index is -0.204. The normalized spacial score (nSPS) is 15.2. The fourth-order valence-electron chi connectivity index (χ4n) is 2.99. The Morgan fingerprint density at radius 1 is 1.04 bits per heavy atom. The van der Waals surface area contributed by atoms with E-state index in [4.69, 9.17) is 0 Å². The predicted molar refractivity (Wildman–Crippen MR) is 107 cm³/mol. The number of nitrogens with zero attached hydrogens (tertiary/aromatic N) is 3. The van der Waals surface area contributed by atoms with Crippen LogP contribution in [0.2, 0.25) is 0 Å². The number of aromatic nitrogens is 1. The third-order valence-electron chi connectivity index (χ3n) is 4.44. The first-order valence-corrected chi connectivity index (χ1v) is 9.09. The molecule has 3 rings (SSSR count). The lowest BCUT2D eigenvalue weighted by atomic mass is 10.2. The lowest BCUT2D eigenvalue weighted by molar-refractivity contribution is 0.102. The van der Waals surface area contributed by atoms with Gasteiger partial charge in [0.2, 0.25) is 0 Å². The monoisotopic (exact) mass is 353 g/mol. The second-order valence-electron chi connectivity index (χ2n) is 7.02. The number of hydrogen-bond acceptors (Lipinski definition) is 5. The molecule has 138 valence electrons. The van der Waals surface area contributed by atoms with E-state index in [2.05, 4.69) is 58.4 Å². The Labute approximate surface area is 155 Å². The number of anilines is 3. The average Bonchev–Trinajstić information content (AvgIpc) is 2.63. The van der Waals surface area contributed by atoms with Crippen LogP contribution in [0.1, 0.15) is 24.3 Å². The smallest absolute Gasteiger partial charge is 0.274 e. The van der Waals surface area contributed by atoms with Gasteiger partial charge in [0.15, 0.2) is 0 Å². The molecule has 1 aromatic carbocycles. The van der Waals surface area contributed by atoms with Crippen molar-refractivity contribution >= 4 is 23.0 Å². The molecule has 6 heteroatoms. The number of nitrogens with one attached hydrogen (secondary N) is 2. The van der Waals surface area contributed by atoms with Crippen molar-refractivity contribution < 1.29 is 4.79 Å². The highest BCUT2D eigenvalue weighted by atomic mass is 16.1. The molecule has 2 N–H and O–H groups in total. The summed E-state index contributed by atoms with van der Waals surface area (Å²) in [6, 6.07) is 11.9. The van der Waals surface area contributed by atoms with Crippen LogP contribution in [0.25, 0.3) is 0 Å². The SMILES string of the molecule is CC(C)Nc1ccnc(C(=O)Nc2ccc(N3CCN(C)CC3)cc2)c1. The van der Waals surface area contributed by atoms with Crippen molar-refractivity contribution in [3.8, 4) is 0 Å². The van der Waals surface area contributed by atoms with Gasteiger partial charge in [-0.1, -0.05) is 0 Å². The molecule has 1 aliphatic rings. The summed E-state index contributed by atoms with van der Waals surface area (Å²) in [6.45, 7) is 8.32. The van der Waals surface area contributed by atoms with Gasteiger partial charge in [-0.3, -0.25) is 9.78 Å². The molecule has 1 aromatic heterocycles. The van der Waals surface area contributed by atoms with Gasteiger partial charge in [0.05, 0.1) is 0 Å². The third-order valence-corrected chi connectivity index (χ3v) is 4.44. The Balaban J connectivity index is 1.63. The summed E-state index contributed by atoms with van der Waals surface area (Å²) in [6.07, 6.45) is 1.65. The maximum Gasteiger partial charge on any atom is 0.274 e. The van der Waals surface area contributed by atoms with Gasteiger partial charge in [-0.05, 0) is 57.3 Å². The molecular formula is C20H27N5O. The Bertz CT molecular complexity index is 736. The summed E-state index contributed by atoms with van der Waals surface area (Å²) in [7, 11) is 2.15. The van der Waals surface area contributed by atoms with Crippen molar-refractivity contribution in [3.63, 3.8) is 0 Å². The number of likely N-dealkylation sites (N-methyl/N-ethyl adjacent to an activating group) is 1. The van der Waals surface area contributed by atoms with E-state index in [1.54, 1.807) is 12.3 Å². The average molecular weight is 353 g/mol. The molecule has 0 aliphatic carbocycles. The molecule has 0 unspecified atom stereocenters. The number of benzene rings is 1. The molecule has 2 aromatic rings. The number of amides is 1. The van der Waals surface area contributed by atoms with E-state index in [0.717, 1.165) is 37.6 Å². The van der Waals surface area contributed by atoms with Gasteiger partial charge in [0.25, 0.3) is 5.91 Å². The Morgan fingerprint density at radius 2 is 1.73 bits per heavy atom. The number of pyridine rings is 1. The van der Waals surface area contributed by atoms with Crippen LogP contribution in [0.15, 0.2) is 42.6 Å². The van der Waals surface area contributed by atoms with Crippen LogP contribution in [0.4, 0.5) is 17.1 Å². The van der Waals surface area contributed by atoms with E-state index in [0.29, 0.717) is 11.7 Å². The molecule has 0 atom stereocenters. The molecule has 2 heterocycles. The highest BCUT2D eigenvalue weighted by molar-refractivity contribution is 6.03. The summed E-state index contributed by atoms with van der Waals surface area (Å²) < 4.78 is 0. The highest BCUT2D eigenvalue weighted by Gasteiger charge is 2.14. The second-order valence-corrected chi connectivity index (χ2v) is 7.02. The first-order valence-electron chi connectivity index (χ1n) is 9.09. The zero-order chi connectivity index (χ0) is 18.5. The standard InChI is InChI=1S/C20H27N5O/c1-15(2)22-17-8-9-21-19(14-17)20(26)23-16-4-6-18(7-5-16)25-12-10-24(3)11-13-25/h4-9,14-15H,10-13H2,1-3H3,(H,21,22)(H,23,26). The van der Waals surface area contributed by atoms with E-state index in [1.165, 1.54) is 5.69 Å². The van der Waals surface area contributed by atoms with Gasteiger partial charge in [-0.2, -0.15) is 0 Å². The van der Waals surface area contributed by atoms with Crippen LogP contribution < -0.4 is 15.5 Å². The van der Waals surface area contributed by atoms with Crippen molar-refractivity contribution in [3.05, 3.63) is 48.3 Å². The zero-order valence-corrected chi connectivity index (χ0v) is 15.7. The fourth-order valence-corrected chi connectivity index (χ4v) is 2.99. The van der Waals surface area contributed by atoms with Crippen LogP contribution >= 0.6 is 0 Å². The highest BCUT2D eigenvalue weighted by Crippen LogP contribution is 2.20. The predicted octanol–water partition coefficient (Wildman–Crippen LogP) is 2.91. The number of rotatable bonds is 5. The van der Waals surface area contributed by atoms with Crippen LogP contribution in [0, 0.1) is 0 Å². The van der Waals surface area contributed by atoms with Crippen molar-refractivity contribution in [2.75, 3.05) is 48.8 Å². The van der Waals surface area contributed by atoms with Crippen LogP contribution in [-0.4, -0.2) is 55.1 Å². The maximum absolute atomic E-state index is 12.5. The molecule has 1 amide bonds. The number of carbonyl (C=O) groups excluding carboxylic acids is 1. The Morgan fingerprint density at radius 3 is 2.38 bits per heavy atom. The molecule has 0 radical (unpaired) electrons.